The van der Waals surface area contributed by atoms with Gasteiger partial charge in [0.15, 0.2) is 5.43 Å². The van der Waals surface area contributed by atoms with Gasteiger partial charge in [0.05, 0.1) is 5.52 Å². The third kappa shape index (κ3) is 3.37. The fourth-order valence-corrected chi connectivity index (χ4v) is 4.07. The maximum atomic E-state index is 13.2. The lowest BCUT2D eigenvalue weighted by molar-refractivity contribution is 0.248. The van der Waals surface area contributed by atoms with E-state index in [-0.39, 0.29) is 5.43 Å². The van der Waals surface area contributed by atoms with Crippen LogP contribution < -0.4 is 10.3 Å². The van der Waals surface area contributed by atoms with Crippen LogP contribution in [0.2, 0.25) is 0 Å². The fourth-order valence-electron chi connectivity index (χ4n) is 4.07. The number of hydrogen-bond donors (Lipinski definition) is 1. The Morgan fingerprint density at radius 2 is 1.56 bits per heavy atom. The lowest BCUT2D eigenvalue weighted by atomic mass is 10.0. The summed E-state index contributed by atoms with van der Waals surface area (Å²) in [5.41, 5.74) is 6.52. The molecule has 0 unspecified atom stereocenters. The van der Waals surface area contributed by atoms with Gasteiger partial charge in [0.25, 0.3) is 0 Å². The highest BCUT2D eigenvalue weighted by Gasteiger charge is 2.20. The van der Waals surface area contributed by atoms with Crippen molar-refractivity contribution in [1.82, 2.24) is 9.88 Å². The number of fused-ring (bicyclic) bond motifs is 1. The first-order chi connectivity index (χ1) is 13.0. The van der Waals surface area contributed by atoms with Crippen LogP contribution in [0.5, 0.6) is 0 Å². The van der Waals surface area contributed by atoms with Gasteiger partial charge in [-0.1, -0.05) is 30.3 Å². The molecule has 0 amide bonds. The molecule has 1 aliphatic rings. The third-order valence-corrected chi connectivity index (χ3v) is 5.76. The second-order valence-corrected chi connectivity index (χ2v) is 7.61. The van der Waals surface area contributed by atoms with Gasteiger partial charge in [-0.05, 0) is 44.0 Å². The lowest BCUT2D eigenvalue weighted by Gasteiger charge is -2.36. The molecule has 2 heterocycles. The van der Waals surface area contributed by atoms with Crippen LogP contribution in [0.1, 0.15) is 22.4 Å². The van der Waals surface area contributed by atoms with E-state index in [0.29, 0.717) is 6.54 Å². The van der Waals surface area contributed by atoms with E-state index >= 15 is 0 Å². The summed E-state index contributed by atoms with van der Waals surface area (Å²) < 4.78 is 0. The van der Waals surface area contributed by atoms with Crippen LogP contribution in [0.4, 0.5) is 5.69 Å². The SMILES string of the molecule is Cc1[nH]c2c(C)ccc(C)c2c(=O)c1CN1CCN(c2ccccc2)CC1. The first-order valence-electron chi connectivity index (χ1n) is 9.68. The molecule has 140 valence electrons. The molecule has 0 spiro atoms. The van der Waals surface area contributed by atoms with Gasteiger partial charge in [0.1, 0.15) is 0 Å². The summed E-state index contributed by atoms with van der Waals surface area (Å²) in [5, 5.41) is 0.846. The van der Waals surface area contributed by atoms with Gasteiger partial charge in [-0.25, -0.2) is 0 Å². The normalized spacial score (nSPS) is 15.4. The molecule has 0 radical (unpaired) electrons. The van der Waals surface area contributed by atoms with E-state index in [0.717, 1.165) is 59.5 Å². The maximum absolute atomic E-state index is 13.2. The second kappa shape index (κ2) is 7.20. The van der Waals surface area contributed by atoms with Crippen LogP contribution >= 0.6 is 0 Å². The van der Waals surface area contributed by atoms with E-state index in [2.05, 4.69) is 58.1 Å². The Bertz CT molecular complexity index is 1020. The minimum atomic E-state index is 0.188. The molecule has 1 fully saturated rings. The fraction of sp³-hybridized carbons (Fsp3) is 0.348. The molecular weight excluding hydrogens is 334 g/mol. The molecular formula is C23H27N3O. The average molecular weight is 361 g/mol. The van der Waals surface area contributed by atoms with Crippen LogP contribution in [0, 0.1) is 20.8 Å². The topological polar surface area (TPSA) is 39.3 Å². The van der Waals surface area contributed by atoms with Crippen LogP contribution in [-0.4, -0.2) is 36.1 Å². The monoisotopic (exact) mass is 361 g/mol. The van der Waals surface area contributed by atoms with Gasteiger partial charge in [-0.15, -0.1) is 0 Å². The zero-order valence-corrected chi connectivity index (χ0v) is 16.4. The number of para-hydroxylation sites is 1. The number of rotatable bonds is 3. The van der Waals surface area contributed by atoms with Crippen molar-refractivity contribution in [2.75, 3.05) is 31.1 Å². The number of piperazine rings is 1. The molecule has 1 N–H and O–H groups in total. The van der Waals surface area contributed by atoms with Gasteiger partial charge in [0, 0.05) is 55.1 Å². The van der Waals surface area contributed by atoms with Crippen LogP contribution in [0.25, 0.3) is 10.9 Å². The summed E-state index contributed by atoms with van der Waals surface area (Å²) >= 11 is 0. The number of anilines is 1. The number of aromatic nitrogens is 1. The molecule has 0 aliphatic carbocycles. The molecule has 3 aromatic rings. The molecule has 27 heavy (non-hydrogen) atoms. The summed E-state index contributed by atoms with van der Waals surface area (Å²) in [7, 11) is 0. The van der Waals surface area contributed by atoms with Crippen molar-refractivity contribution in [3.8, 4) is 0 Å². The maximum Gasteiger partial charge on any atom is 0.194 e. The van der Waals surface area contributed by atoms with Crippen molar-refractivity contribution in [1.29, 1.82) is 0 Å². The van der Waals surface area contributed by atoms with Gasteiger partial charge in [0.2, 0.25) is 0 Å². The summed E-state index contributed by atoms with van der Waals surface area (Å²) in [6.07, 6.45) is 0. The van der Waals surface area contributed by atoms with Crippen molar-refractivity contribution >= 4 is 16.6 Å². The first kappa shape index (κ1) is 17.8. The van der Waals surface area contributed by atoms with Crippen molar-refractivity contribution < 1.29 is 0 Å². The molecule has 4 nitrogen and oxygen atoms in total. The number of pyridine rings is 1. The van der Waals surface area contributed by atoms with Gasteiger partial charge in [-0.2, -0.15) is 0 Å². The zero-order chi connectivity index (χ0) is 19.0. The van der Waals surface area contributed by atoms with E-state index in [1.54, 1.807) is 0 Å². The molecule has 1 aromatic heterocycles. The van der Waals surface area contributed by atoms with Gasteiger partial charge >= 0.3 is 0 Å². The van der Waals surface area contributed by atoms with Gasteiger partial charge in [-0.3, -0.25) is 9.69 Å². The van der Waals surface area contributed by atoms with Crippen molar-refractivity contribution in [3.05, 3.63) is 75.1 Å². The quantitative estimate of drug-likeness (QED) is 0.772. The Balaban J connectivity index is 1.56. The predicted molar refractivity (Wildman–Crippen MR) is 113 cm³/mol. The molecule has 0 bridgehead atoms. The number of nitrogens with one attached hydrogen (secondary N) is 1. The lowest BCUT2D eigenvalue weighted by Crippen LogP contribution is -2.46. The van der Waals surface area contributed by atoms with E-state index in [9.17, 15) is 4.79 Å². The highest BCUT2D eigenvalue weighted by atomic mass is 16.1. The van der Waals surface area contributed by atoms with Crippen LogP contribution in [0.3, 0.4) is 0 Å². The van der Waals surface area contributed by atoms with Crippen molar-refractivity contribution in [2.24, 2.45) is 0 Å². The molecule has 4 rings (SSSR count). The third-order valence-electron chi connectivity index (χ3n) is 5.76. The Kier molecular flexibility index (Phi) is 4.75. The van der Waals surface area contributed by atoms with Crippen molar-refractivity contribution in [3.63, 3.8) is 0 Å². The Hall–Kier alpha value is -2.59. The second-order valence-electron chi connectivity index (χ2n) is 7.61. The summed E-state index contributed by atoms with van der Waals surface area (Å²) in [5.74, 6) is 0. The number of H-pyrrole nitrogens is 1. The predicted octanol–water partition coefficient (Wildman–Crippen LogP) is 3.78. The Morgan fingerprint density at radius 3 is 2.26 bits per heavy atom. The number of aryl methyl sites for hydroxylation is 3. The number of aromatic amines is 1. The van der Waals surface area contributed by atoms with E-state index in [1.807, 2.05) is 19.9 Å². The first-order valence-corrected chi connectivity index (χ1v) is 9.68. The Morgan fingerprint density at radius 1 is 0.889 bits per heavy atom. The smallest absolute Gasteiger partial charge is 0.194 e. The standard InChI is InChI=1S/C23H27N3O/c1-16-9-10-17(2)22-21(16)23(27)20(18(3)24-22)15-25-11-13-26(14-12-25)19-7-5-4-6-8-19/h4-10H,11-15H2,1-3H3,(H,24,27). The van der Waals surface area contributed by atoms with Crippen LogP contribution in [-0.2, 0) is 6.54 Å². The molecule has 1 saturated heterocycles. The summed E-state index contributed by atoms with van der Waals surface area (Å²) in [6.45, 7) is 10.7. The molecule has 2 aromatic carbocycles. The highest BCUT2D eigenvalue weighted by molar-refractivity contribution is 5.85. The molecule has 4 heteroatoms. The average Bonchev–Trinajstić information content (AvgIpc) is 2.69. The van der Waals surface area contributed by atoms with Gasteiger partial charge < -0.3 is 9.88 Å². The van der Waals surface area contributed by atoms with Crippen LogP contribution in [0.15, 0.2) is 47.3 Å². The largest absolute Gasteiger partial charge is 0.369 e. The Labute approximate surface area is 160 Å². The molecule has 1 aliphatic heterocycles. The van der Waals surface area contributed by atoms with Crippen molar-refractivity contribution in [2.45, 2.75) is 27.3 Å². The number of hydrogen-bond acceptors (Lipinski definition) is 3. The minimum absolute atomic E-state index is 0.188. The summed E-state index contributed by atoms with van der Waals surface area (Å²) in [6, 6.07) is 14.7. The zero-order valence-electron chi connectivity index (χ0n) is 16.4. The number of nitrogens with zero attached hydrogens (tertiary/aromatic N) is 2. The number of benzene rings is 2. The van der Waals surface area contributed by atoms with E-state index < -0.39 is 0 Å². The molecule has 0 saturated carbocycles. The van der Waals surface area contributed by atoms with E-state index in [4.69, 9.17) is 0 Å². The minimum Gasteiger partial charge on any atom is -0.369 e. The van der Waals surface area contributed by atoms with E-state index in [1.165, 1.54) is 5.69 Å². The molecule has 0 atom stereocenters. The highest BCUT2D eigenvalue weighted by Crippen LogP contribution is 2.21. The summed E-state index contributed by atoms with van der Waals surface area (Å²) in [4.78, 5) is 21.5.